The fourth-order valence-electron chi connectivity index (χ4n) is 1.17. The standard InChI is InChI=1S/C12H26N2O2/c1-9(7-6-8-15)14-10(16)11(2,3)12(4,5)13/h9,15H,6-8,13H2,1-5H3,(H,14,16). The van der Waals surface area contributed by atoms with Crippen molar-refractivity contribution >= 4 is 5.91 Å². The van der Waals surface area contributed by atoms with E-state index in [1.54, 1.807) is 0 Å². The van der Waals surface area contributed by atoms with Crippen LogP contribution < -0.4 is 11.1 Å². The monoisotopic (exact) mass is 230 g/mol. The van der Waals surface area contributed by atoms with Crippen LogP contribution in [-0.2, 0) is 4.79 Å². The molecule has 1 unspecified atom stereocenters. The summed E-state index contributed by atoms with van der Waals surface area (Å²) in [5.41, 5.74) is 4.82. The van der Waals surface area contributed by atoms with Crippen LogP contribution in [0, 0.1) is 5.41 Å². The first-order valence-corrected chi connectivity index (χ1v) is 5.83. The molecule has 1 amide bonds. The fourth-order valence-corrected chi connectivity index (χ4v) is 1.17. The number of rotatable bonds is 6. The molecule has 16 heavy (non-hydrogen) atoms. The zero-order valence-corrected chi connectivity index (χ0v) is 11.1. The van der Waals surface area contributed by atoms with E-state index in [0.717, 1.165) is 6.42 Å². The highest BCUT2D eigenvalue weighted by Gasteiger charge is 2.40. The fraction of sp³-hybridized carbons (Fsp3) is 0.917. The van der Waals surface area contributed by atoms with Crippen LogP contribution in [0.4, 0.5) is 0 Å². The van der Waals surface area contributed by atoms with Crippen LogP contribution in [0.3, 0.4) is 0 Å². The van der Waals surface area contributed by atoms with Crippen molar-refractivity contribution in [3.8, 4) is 0 Å². The van der Waals surface area contributed by atoms with Crippen LogP contribution in [0.25, 0.3) is 0 Å². The Bertz CT molecular complexity index is 232. The summed E-state index contributed by atoms with van der Waals surface area (Å²) in [6.45, 7) is 9.50. The van der Waals surface area contributed by atoms with Gasteiger partial charge in [-0.3, -0.25) is 4.79 Å². The highest BCUT2D eigenvalue weighted by molar-refractivity contribution is 5.83. The van der Waals surface area contributed by atoms with Crippen LogP contribution in [-0.4, -0.2) is 29.2 Å². The minimum Gasteiger partial charge on any atom is -0.396 e. The summed E-state index contributed by atoms with van der Waals surface area (Å²) in [4.78, 5) is 12.0. The van der Waals surface area contributed by atoms with E-state index in [2.05, 4.69) is 5.32 Å². The minimum atomic E-state index is -0.611. The van der Waals surface area contributed by atoms with Gasteiger partial charge in [0.05, 0.1) is 5.41 Å². The number of hydrogen-bond acceptors (Lipinski definition) is 3. The maximum Gasteiger partial charge on any atom is 0.227 e. The number of nitrogens with two attached hydrogens (primary N) is 1. The Hall–Kier alpha value is -0.610. The van der Waals surface area contributed by atoms with E-state index in [1.165, 1.54) is 0 Å². The van der Waals surface area contributed by atoms with E-state index in [-0.39, 0.29) is 18.6 Å². The van der Waals surface area contributed by atoms with Gasteiger partial charge in [-0.1, -0.05) is 0 Å². The van der Waals surface area contributed by atoms with Crippen molar-refractivity contribution in [2.45, 2.75) is 59.0 Å². The average molecular weight is 230 g/mol. The maximum atomic E-state index is 12.0. The first-order chi connectivity index (χ1) is 7.13. The van der Waals surface area contributed by atoms with E-state index in [4.69, 9.17) is 10.8 Å². The molecule has 0 saturated heterocycles. The Morgan fingerprint density at radius 1 is 1.38 bits per heavy atom. The van der Waals surface area contributed by atoms with Crippen LogP contribution in [0.5, 0.6) is 0 Å². The van der Waals surface area contributed by atoms with Crippen LogP contribution in [0.1, 0.15) is 47.5 Å². The molecule has 96 valence electrons. The van der Waals surface area contributed by atoms with E-state index in [0.29, 0.717) is 6.42 Å². The van der Waals surface area contributed by atoms with Gasteiger partial charge in [-0.15, -0.1) is 0 Å². The molecule has 0 rings (SSSR count). The minimum absolute atomic E-state index is 0.0366. The van der Waals surface area contributed by atoms with Gasteiger partial charge >= 0.3 is 0 Å². The van der Waals surface area contributed by atoms with E-state index < -0.39 is 11.0 Å². The summed E-state index contributed by atoms with van der Waals surface area (Å²) in [6, 6.07) is 0.0706. The summed E-state index contributed by atoms with van der Waals surface area (Å²) in [5, 5.41) is 11.6. The first kappa shape index (κ1) is 15.4. The van der Waals surface area contributed by atoms with Crippen molar-refractivity contribution in [1.29, 1.82) is 0 Å². The molecule has 0 saturated carbocycles. The molecule has 0 aliphatic heterocycles. The number of carbonyl (C=O) groups is 1. The Morgan fingerprint density at radius 2 is 1.88 bits per heavy atom. The lowest BCUT2D eigenvalue weighted by Gasteiger charge is -2.37. The lowest BCUT2D eigenvalue weighted by atomic mass is 9.74. The van der Waals surface area contributed by atoms with Gasteiger partial charge in [0.25, 0.3) is 0 Å². The molecule has 0 radical (unpaired) electrons. The maximum absolute atomic E-state index is 12.0. The molecular formula is C12H26N2O2. The highest BCUT2D eigenvalue weighted by Crippen LogP contribution is 2.28. The van der Waals surface area contributed by atoms with Gasteiger partial charge in [0, 0.05) is 18.2 Å². The Kier molecular flexibility index (Phi) is 5.42. The second-order valence-electron chi connectivity index (χ2n) is 5.59. The molecule has 0 bridgehead atoms. The van der Waals surface area contributed by atoms with E-state index >= 15 is 0 Å². The van der Waals surface area contributed by atoms with Crippen molar-refractivity contribution in [2.24, 2.45) is 11.1 Å². The van der Waals surface area contributed by atoms with Gasteiger partial charge in [-0.2, -0.15) is 0 Å². The lowest BCUT2D eigenvalue weighted by Crippen LogP contribution is -2.56. The molecule has 0 aliphatic carbocycles. The summed E-state index contributed by atoms with van der Waals surface area (Å²) in [7, 11) is 0. The van der Waals surface area contributed by atoms with Gasteiger partial charge in [0.1, 0.15) is 0 Å². The zero-order chi connectivity index (χ0) is 13.0. The Labute approximate surface area is 98.6 Å². The molecule has 0 aromatic heterocycles. The number of carbonyl (C=O) groups excluding carboxylic acids is 1. The molecule has 0 fully saturated rings. The quantitative estimate of drug-likeness (QED) is 0.638. The van der Waals surface area contributed by atoms with Gasteiger partial charge in [-0.05, 0) is 47.5 Å². The molecule has 0 spiro atoms. The van der Waals surface area contributed by atoms with Gasteiger partial charge in [0.15, 0.2) is 0 Å². The third kappa shape index (κ3) is 4.10. The summed E-state index contributed by atoms with van der Waals surface area (Å²) in [5.74, 6) is -0.0366. The van der Waals surface area contributed by atoms with Crippen LogP contribution in [0.15, 0.2) is 0 Å². The Morgan fingerprint density at radius 3 is 2.25 bits per heavy atom. The smallest absolute Gasteiger partial charge is 0.227 e. The zero-order valence-electron chi connectivity index (χ0n) is 11.1. The third-order valence-corrected chi connectivity index (χ3v) is 3.35. The number of nitrogens with one attached hydrogen (secondary N) is 1. The predicted octanol–water partition coefficient (Wildman–Crippen LogP) is 1.03. The molecule has 4 N–H and O–H groups in total. The van der Waals surface area contributed by atoms with Crippen LogP contribution in [0.2, 0.25) is 0 Å². The largest absolute Gasteiger partial charge is 0.396 e. The van der Waals surface area contributed by atoms with Gasteiger partial charge in [-0.25, -0.2) is 0 Å². The number of amides is 1. The number of aliphatic hydroxyl groups excluding tert-OH is 1. The Balaban J connectivity index is 4.35. The van der Waals surface area contributed by atoms with Crippen molar-refractivity contribution < 1.29 is 9.90 Å². The molecular weight excluding hydrogens is 204 g/mol. The number of aliphatic hydroxyl groups is 1. The van der Waals surface area contributed by atoms with Crippen molar-refractivity contribution in [1.82, 2.24) is 5.32 Å². The second-order valence-corrected chi connectivity index (χ2v) is 5.59. The molecule has 0 heterocycles. The summed E-state index contributed by atoms with van der Waals surface area (Å²) < 4.78 is 0. The SMILES string of the molecule is CC(CCCO)NC(=O)C(C)(C)C(C)(C)N. The molecule has 0 aliphatic rings. The normalized spacial score (nSPS) is 14.7. The second kappa shape index (κ2) is 5.64. The average Bonchev–Trinajstić information content (AvgIpc) is 2.12. The molecule has 0 aromatic rings. The topological polar surface area (TPSA) is 75.3 Å². The van der Waals surface area contributed by atoms with Crippen LogP contribution >= 0.6 is 0 Å². The van der Waals surface area contributed by atoms with Gasteiger partial charge in [0.2, 0.25) is 5.91 Å². The molecule has 4 heteroatoms. The molecule has 4 nitrogen and oxygen atoms in total. The van der Waals surface area contributed by atoms with E-state index in [1.807, 2.05) is 34.6 Å². The van der Waals surface area contributed by atoms with Crippen molar-refractivity contribution in [2.75, 3.05) is 6.61 Å². The lowest BCUT2D eigenvalue weighted by molar-refractivity contribution is -0.132. The summed E-state index contributed by atoms with van der Waals surface area (Å²) >= 11 is 0. The van der Waals surface area contributed by atoms with Crippen molar-refractivity contribution in [3.63, 3.8) is 0 Å². The van der Waals surface area contributed by atoms with E-state index in [9.17, 15) is 4.79 Å². The van der Waals surface area contributed by atoms with Gasteiger partial charge < -0.3 is 16.2 Å². The predicted molar refractivity (Wildman–Crippen MR) is 66.0 cm³/mol. The van der Waals surface area contributed by atoms with Crippen molar-refractivity contribution in [3.05, 3.63) is 0 Å². The summed E-state index contributed by atoms with van der Waals surface area (Å²) in [6.07, 6.45) is 1.48. The third-order valence-electron chi connectivity index (χ3n) is 3.35. The number of hydrogen-bond donors (Lipinski definition) is 3. The molecule has 1 atom stereocenters. The highest BCUT2D eigenvalue weighted by atomic mass is 16.3. The first-order valence-electron chi connectivity index (χ1n) is 5.83. The molecule has 0 aromatic carbocycles.